The average Bonchev–Trinajstić information content (AvgIpc) is 2.82. The SMILES string of the molecule is O=C(N[C@H](CF)c1ccc(F)cc1)c1ccc(I)cc1NS(=O)(=O)c1cccc2nccnc12. The third kappa shape index (κ3) is 5.14. The molecule has 0 unspecified atom stereocenters. The third-order valence-electron chi connectivity index (χ3n) is 4.95. The van der Waals surface area contributed by atoms with Gasteiger partial charge in [-0.15, -0.1) is 0 Å². The molecule has 0 fully saturated rings. The lowest BCUT2D eigenvalue weighted by molar-refractivity contribution is 0.0930. The zero-order valence-electron chi connectivity index (χ0n) is 17.4. The molecule has 34 heavy (non-hydrogen) atoms. The number of hydrogen-bond acceptors (Lipinski definition) is 5. The summed E-state index contributed by atoms with van der Waals surface area (Å²) in [5, 5.41) is 2.54. The summed E-state index contributed by atoms with van der Waals surface area (Å²) in [7, 11) is -4.16. The Morgan fingerprint density at radius 3 is 2.50 bits per heavy atom. The number of hydrogen-bond donors (Lipinski definition) is 2. The molecule has 4 aromatic rings. The molecule has 174 valence electrons. The topological polar surface area (TPSA) is 101 Å². The largest absolute Gasteiger partial charge is 0.343 e. The van der Waals surface area contributed by atoms with E-state index < -0.39 is 34.5 Å². The Balaban J connectivity index is 1.67. The fourth-order valence-electron chi connectivity index (χ4n) is 3.32. The first-order valence-electron chi connectivity index (χ1n) is 9.93. The van der Waals surface area contributed by atoms with Crippen LogP contribution in [0.1, 0.15) is 22.0 Å². The predicted molar refractivity (Wildman–Crippen MR) is 132 cm³/mol. The molecule has 0 aliphatic heterocycles. The smallest absolute Gasteiger partial charge is 0.264 e. The molecule has 0 aliphatic carbocycles. The fraction of sp³-hybridized carbons (Fsp3) is 0.0870. The number of nitrogens with one attached hydrogen (secondary N) is 2. The normalized spacial score (nSPS) is 12.3. The van der Waals surface area contributed by atoms with Crippen LogP contribution in [0, 0.1) is 9.39 Å². The van der Waals surface area contributed by atoms with E-state index in [4.69, 9.17) is 0 Å². The van der Waals surface area contributed by atoms with E-state index in [9.17, 15) is 22.0 Å². The Labute approximate surface area is 207 Å². The summed E-state index contributed by atoms with van der Waals surface area (Å²) in [5.41, 5.74) is 0.969. The first-order chi connectivity index (χ1) is 16.3. The van der Waals surface area contributed by atoms with E-state index in [0.29, 0.717) is 14.7 Å². The molecule has 7 nitrogen and oxygen atoms in total. The Hall–Kier alpha value is -3.19. The van der Waals surface area contributed by atoms with Crippen LogP contribution in [0.2, 0.25) is 0 Å². The van der Waals surface area contributed by atoms with Crippen molar-refractivity contribution in [3.63, 3.8) is 0 Å². The van der Waals surface area contributed by atoms with Gasteiger partial charge in [-0.1, -0.05) is 18.2 Å². The van der Waals surface area contributed by atoms with E-state index in [0.717, 1.165) is 0 Å². The average molecular weight is 594 g/mol. The number of sulfonamides is 1. The van der Waals surface area contributed by atoms with Gasteiger partial charge in [0.15, 0.2) is 0 Å². The van der Waals surface area contributed by atoms with Gasteiger partial charge < -0.3 is 5.32 Å². The number of alkyl halides is 1. The summed E-state index contributed by atoms with van der Waals surface area (Å²) in [6, 6.07) is 13.2. The summed E-state index contributed by atoms with van der Waals surface area (Å²) in [6.45, 7) is -0.933. The number of aromatic nitrogens is 2. The van der Waals surface area contributed by atoms with Crippen LogP contribution in [-0.4, -0.2) is 31.0 Å². The molecule has 1 amide bonds. The summed E-state index contributed by atoms with van der Waals surface area (Å²) in [6.07, 6.45) is 2.84. The van der Waals surface area contributed by atoms with Gasteiger partial charge in [-0.2, -0.15) is 0 Å². The van der Waals surface area contributed by atoms with Crippen molar-refractivity contribution in [2.45, 2.75) is 10.9 Å². The van der Waals surface area contributed by atoms with Crippen LogP contribution >= 0.6 is 22.6 Å². The number of amides is 1. The van der Waals surface area contributed by atoms with Crippen LogP contribution in [-0.2, 0) is 10.0 Å². The number of para-hydroxylation sites is 1. The van der Waals surface area contributed by atoms with Crippen LogP contribution in [0.25, 0.3) is 11.0 Å². The highest BCUT2D eigenvalue weighted by Crippen LogP contribution is 2.26. The van der Waals surface area contributed by atoms with Crippen LogP contribution in [0.3, 0.4) is 0 Å². The Morgan fingerprint density at radius 1 is 1.03 bits per heavy atom. The number of carbonyl (C=O) groups excluding carboxylic acids is 1. The molecule has 11 heteroatoms. The van der Waals surface area contributed by atoms with E-state index in [2.05, 4.69) is 20.0 Å². The quantitative estimate of drug-likeness (QED) is 0.305. The number of halogens is 3. The Bertz CT molecular complexity index is 1460. The minimum Gasteiger partial charge on any atom is -0.343 e. The molecule has 0 spiro atoms. The van der Waals surface area contributed by atoms with Gasteiger partial charge in [0.25, 0.3) is 15.9 Å². The van der Waals surface area contributed by atoms with Crippen LogP contribution in [0.4, 0.5) is 14.5 Å². The zero-order valence-corrected chi connectivity index (χ0v) is 20.3. The zero-order chi connectivity index (χ0) is 24.3. The molecule has 1 atom stereocenters. The Kier molecular flexibility index (Phi) is 7.03. The van der Waals surface area contributed by atoms with Crippen molar-refractivity contribution in [3.8, 4) is 0 Å². The van der Waals surface area contributed by atoms with E-state index in [1.807, 2.05) is 22.6 Å². The van der Waals surface area contributed by atoms with Crippen molar-refractivity contribution in [1.82, 2.24) is 15.3 Å². The first-order valence-corrected chi connectivity index (χ1v) is 12.5. The molecule has 0 bridgehead atoms. The van der Waals surface area contributed by atoms with Gasteiger partial charge in [0.2, 0.25) is 0 Å². The molecule has 2 N–H and O–H groups in total. The maximum absolute atomic E-state index is 13.7. The molecular formula is C23H17F2IN4O3S. The number of benzene rings is 3. The highest BCUT2D eigenvalue weighted by molar-refractivity contribution is 14.1. The highest BCUT2D eigenvalue weighted by atomic mass is 127. The lowest BCUT2D eigenvalue weighted by atomic mass is 10.1. The highest BCUT2D eigenvalue weighted by Gasteiger charge is 2.23. The second-order valence-corrected chi connectivity index (χ2v) is 10.1. The standard InChI is InChI=1S/C23H17F2IN4O3S/c24-13-20(14-4-6-15(25)7-5-14)29-23(31)17-9-8-16(26)12-19(17)30-34(32,33)21-3-1-2-18-22(21)28-11-10-27-18/h1-12,20,30H,13H2,(H,29,31)/t20-/m1/s1. The van der Waals surface area contributed by atoms with Gasteiger partial charge >= 0.3 is 0 Å². The molecule has 0 aliphatic rings. The lowest BCUT2D eigenvalue weighted by Crippen LogP contribution is -2.31. The minimum atomic E-state index is -4.16. The predicted octanol–water partition coefficient (Wildman–Crippen LogP) is 4.61. The summed E-state index contributed by atoms with van der Waals surface area (Å²) in [4.78, 5) is 21.2. The van der Waals surface area contributed by atoms with E-state index in [-0.39, 0.29) is 21.7 Å². The van der Waals surface area contributed by atoms with Gasteiger partial charge in [0, 0.05) is 16.0 Å². The van der Waals surface area contributed by atoms with E-state index in [1.165, 1.54) is 54.9 Å². The van der Waals surface area contributed by atoms with Gasteiger partial charge in [-0.3, -0.25) is 19.5 Å². The van der Waals surface area contributed by atoms with Crippen molar-refractivity contribution in [2.24, 2.45) is 0 Å². The molecule has 0 radical (unpaired) electrons. The van der Waals surface area contributed by atoms with Gasteiger partial charge in [0.05, 0.1) is 22.8 Å². The molecule has 0 saturated heterocycles. The maximum atomic E-state index is 13.7. The van der Waals surface area contributed by atoms with Crippen molar-refractivity contribution in [2.75, 3.05) is 11.4 Å². The number of carbonyl (C=O) groups is 1. The second kappa shape index (κ2) is 9.97. The van der Waals surface area contributed by atoms with Crippen molar-refractivity contribution >= 4 is 55.2 Å². The van der Waals surface area contributed by atoms with Gasteiger partial charge in [0.1, 0.15) is 22.9 Å². The van der Waals surface area contributed by atoms with Crippen molar-refractivity contribution in [1.29, 1.82) is 0 Å². The van der Waals surface area contributed by atoms with Crippen LogP contribution in [0.15, 0.2) is 78.0 Å². The van der Waals surface area contributed by atoms with Crippen LogP contribution < -0.4 is 10.0 Å². The number of rotatable bonds is 7. The maximum Gasteiger partial charge on any atom is 0.264 e. The summed E-state index contributed by atoms with van der Waals surface area (Å²) >= 11 is 1.99. The lowest BCUT2D eigenvalue weighted by Gasteiger charge is -2.18. The molecule has 3 aromatic carbocycles. The third-order valence-corrected chi connectivity index (χ3v) is 7.02. The number of nitrogens with zero attached hydrogens (tertiary/aromatic N) is 2. The minimum absolute atomic E-state index is 0.00382. The fourth-order valence-corrected chi connectivity index (χ4v) is 5.05. The Morgan fingerprint density at radius 2 is 1.76 bits per heavy atom. The summed E-state index contributed by atoms with van der Waals surface area (Å²) in [5.74, 6) is -1.18. The first kappa shape index (κ1) is 24.0. The van der Waals surface area contributed by atoms with Crippen LogP contribution in [0.5, 0.6) is 0 Å². The summed E-state index contributed by atoms with van der Waals surface area (Å²) < 4.78 is 56.5. The number of anilines is 1. The van der Waals surface area contributed by atoms with Crippen molar-refractivity contribution in [3.05, 3.63) is 93.6 Å². The van der Waals surface area contributed by atoms with E-state index >= 15 is 0 Å². The monoisotopic (exact) mass is 594 g/mol. The van der Waals surface area contributed by atoms with Crippen molar-refractivity contribution < 1.29 is 22.0 Å². The van der Waals surface area contributed by atoms with E-state index in [1.54, 1.807) is 18.2 Å². The molecule has 1 aromatic heterocycles. The molecule has 1 heterocycles. The number of fused-ring (bicyclic) bond motifs is 1. The molecular weight excluding hydrogens is 577 g/mol. The second-order valence-electron chi connectivity index (χ2n) is 7.21. The molecule has 0 saturated carbocycles. The molecule has 4 rings (SSSR count). The van der Waals surface area contributed by atoms with Gasteiger partial charge in [-0.05, 0) is 70.6 Å². The van der Waals surface area contributed by atoms with Gasteiger partial charge in [-0.25, -0.2) is 17.2 Å².